The number of dihydropyridines is 1. The summed E-state index contributed by atoms with van der Waals surface area (Å²) in [4.78, 5) is 22.1. The van der Waals surface area contributed by atoms with E-state index in [1.54, 1.807) is 14.0 Å². The van der Waals surface area contributed by atoms with Crippen LogP contribution in [0.25, 0.3) is 5.70 Å². The van der Waals surface area contributed by atoms with E-state index in [2.05, 4.69) is 82.7 Å². The fourth-order valence-corrected chi connectivity index (χ4v) is 5.02. The first-order valence-electron chi connectivity index (χ1n) is 12.0. The minimum Gasteiger partial charge on any atom is -0.497 e. The Bertz CT molecular complexity index is 1260. The van der Waals surface area contributed by atoms with E-state index in [9.17, 15) is 4.79 Å². The van der Waals surface area contributed by atoms with Gasteiger partial charge in [0.1, 0.15) is 11.5 Å². The van der Waals surface area contributed by atoms with Gasteiger partial charge in [-0.3, -0.25) is 9.79 Å². The molecule has 3 aliphatic rings. The van der Waals surface area contributed by atoms with Crippen LogP contribution in [0, 0.1) is 5.92 Å². The Labute approximate surface area is 207 Å². The van der Waals surface area contributed by atoms with E-state index < -0.39 is 0 Å². The van der Waals surface area contributed by atoms with Gasteiger partial charge in [-0.2, -0.15) is 0 Å². The molecule has 35 heavy (non-hydrogen) atoms. The summed E-state index contributed by atoms with van der Waals surface area (Å²) in [7, 11) is 5.75. The van der Waals surface area contributed by atoms with E-state index in [1.807, 2.05) is 26.2 Å². The third-order valence-corrected chi connectivity index (χ3v) is 6.82. The van der Waals surface area contributed by atoms with Crippen molar-refractivity contribution in [3.05, 3.63) is 96.1 Å². The average Bonchev–Trinajstić information content (AvgIpc) is 2.87. The number of aliphatic imine (C=N–C) groups is 1. The third-order valence-electron chi connectivity index (χ3n) is 6.82. The van der Waals surface area contributed by atoms with Crippen LogP contribution in [0.5, 0.6) is 5.75 Å². The lowest BCUT2D eigenvalue weighted by molar-refractivity contribution is -0.117. The molecule has 3 atom stereocenters. The third kappa shape index (κ3) is 4.46. The molecule has 0 saturated heterocycles. The first kappa shape index (κ1) is 22.9. The first-order chi connectivity index (χ1) is 16.9. The Hall–Kier alpha value is -3.86. The fourth-order valence-electron chi connectivity index (χ4n) is 5.02. The van der Waals surface area contributed by atoms with E-state index >= 15 is 0 Å². The minimum atomic E-state index is -0.145. The van der Waals surface area contributed by atoms with Crippen LogP contribution >= 0.6 is 0 Å². The summed E-state index contributed by atoms with van der Waals surface area (Å²) in [5.74, 6) is 1.16. The van der Waals surface area contributed by atoms with Gasteiger partial charge >= 0.3 is 0 Å². The Morgan fingerprint density at radius 3 is 2.40 bits per heavy atom. The fraction of sp³-hybridized carbons (Fsp3) is 0.267. The summed E-state index contributed by atoms with van der Waals surface area (Å²) in [5.41, 5.74) is 6.36. The molecule has 0 N–H and O–H groups in total. The molecule has 2 aliphatic heterocycles. The number of nitrogens with zero attached hydrogens (tertiary/aromatic N) is 3. The molecule has 5 nitrogen and oxygen atoms in total. The average molecular weight is 466 g/mol. The highest BCUT2D eigenvalue weighted by Crippen LogP contribution is 2.40. The van der Waals surface area contributed by atoms with Crippen molar-refractivity contribution in [1.29, 1.82) is 0 Å². The summed E-state index contributed by atoms with van der Waals surface area (Å²) >= 11 is 0. The van der Waals surface area contributed by atoms with Gasteiger partial charge in [-0.1, -0.05) is 42.5 Å². The molecule has 0 spiro atoms. The van der Waals surface area contributed by atoms with Crippen molar-refractivity contribution in [2.45, 2.75) is 25.4 Å². The number of fused-ring (bicyclic) bond motifs is 2. The molecule has 5 rings (SSSR count). The zero-order chi connectivity index (χ0) is 24.5. The highest BCUT2D eigenvalue weighted by molar-refractivity contribution is 6.18. The lowest BCUT2D eigenvalue weighted by atomic mass is 9.81. The van der Waals surface area contributed by atoms with Crippen LogP contribution in [0.15, 0.2) is 95.6 Å². The number of methoxy groups -OCH3 is 1. The number of carbonyl (C=O) groups excluding carboxylic acids is 1. The topological polar surface area (TPSA) is 45.1 Å². The minimum absolute atomic E-state index is 0.0953. The SMILES string of the molecule is COc1ccc(N2C(c3ccc(N(C)C)cc3)=CC3=NC4C=CC=CC4C=C3C2CC(C)=O)cc1. The second kappa shape index (κ2) is 9.41. The quantitative estimate of drug-likeness (QED) is 0.568. The van der Waals surface area contributed by atoms with E-state index in [0.29, 0.717) is 6.42 Å². The normalized spacial score (nSPS) is 22.5. The number of allylic oxidation sites excluding steroid dienone is 3. The molecule has 1 aliphatic carbocycles. The van der Waals surface area contributed by atoms with Gasteiger partial charge in [0, 0.05) is 37.8 Å². The molecule has 0 radical (unpaired) electrons. The van der Waals surface area contributed by atoms with Crippen LogP contribution in [0.3, 0.4) is 0 Å². The Morgan fingerprint density at radius 2 is 1.74 bits per heavy atom. The van der Waals surface area contributed by atoms with Crippen molar-refractivity contribution in [2.75, 3.05) is 31.0 Å². The zero-order valence-corrected chi connectivity index (χ0v) is 20.7. The molecule has 2 aromatic rings. The number of hydrogen-bond acceptors (Lipinski definition) is 5. The van der Waals surface area contributed by atoms with Crippen LogP contribution in [-0.4, -0.2) is 44.8 Å². The second-order valence-electron chi connectivity index (χ2n) is 9.43. The summed E-state index contributed by atoms with van der Waals surface area (Å²) in [5, 5.41) is 0. The second-order valence-corrected chi connectivity index (χ2v) is 9.43. The monoisotopic (exact) mass is 465 g/mol. The van der Waals surface area contributed by atoms with Crippen LogP contribution < -0.4 is 14.5 Å². The standard InChI is InChI=1S/C30H31N3O2/c1-20(34)17-30-26-18-22-7-5-6-8-27(22)31-28(26)19-29(21-9-11-23(12-10-21)32(2)3)33(30)24-13-15-25(35-4)16-14-24/h5-16,18-19,22,27,30H,17H2,1-4H3. The molecule has 0 fully saturated rings. The number of anilines is 2. The lowest BCUT2D eigenvalue weighted by Gasteiger charge is -2.42. The van der Waals surface area contributed by atoms with Crippen molar-refractivity contribution >= 4 is 28.6 Å². The first-order valence-corrected chi connectivity index (χ1v) is 12.0. The molecule has 3 unspecified atom stereocenters. The smallest absolute Gasteiger partial charge is 0.132 e. The van der Waals surface area contributed by atoms with Crippen molar-refractivity contribution in [3.8, 4) is 5.75 Å². The molecule has 0 amide bonds. The summed E-state index contributed by atoms with van der Waals surface area (Å²) < 4.78 is 5.40. The van der Waals surface area contributed by atoms with E-state index in [4.69, 9.17) is 9.73 Å². The molecule has 0 aromatic heterocycles. The molecular weight excluding hydrogens is 434 g/mol. The van der Waals surface area contributed by atoms with Gasteiger partial charge in [-0.05, 0) is 60.5 Å². The van der Waals surface area contributed by atoms with Gasteiger partial charge in [-0.25, -0.2) is 0 Å². The van der Waals surface area contributed by atoms with Crippen LogP contribution in [0.4, 0.5) is 11.4 Å². The van der Waals surface area contributed by atoms with Gasteiger partial charge in [0.05, 0.1) is 30.6 Å². The summed E-state index contributed by atoms with van der Waals surface area (Å²) in [6.07, 6.45) is 13.4. The molecular formula is C30H31N3O2. The predicted molar refractivity (Wildman–Crippen MR) is 144 cm³/mol. The van der Waals surface area contributed by atoms with Crippen molar-refractivity contribution in [2.24, 2.45) is 10.9 Å². The van der Waals surface area contributed by atoms with Crippen LogP contribution in [-0.2, 0) is 4.79 Å². The maximum absolute atomic E-state index is 12.5. The lowest BCUT2D eigenvalue weighted by Crippen LogP contribution is -2.44. The van der Waals surface area contributed by atoms with Crippen LogP contribution in [0.1, 0.15) is 18.9 Å². The molecule has 0 saturated carbocycles. The number of hydrogen-bond donors (Lipinski definition) is 0. The van der Waals surface area contributed by atoms with Gasteiger partial charge in [0.25, 0.3) is 0 Å². The largest absolute Gasteiger partial charge is 0.497 e. The molecule has 5 heteroatoms. The molecule has 178 valence electrons. The summed E-state index contributed by atoms with van der Waals surface area (Å²) in [6, 6.07) is 16.6. The van der Waals surface area contributed by atoms with E-state index in [1.165, 1.54) is 0 Å². The van der Waals surface area contributed by atoms with E-state index in [-0.39, 0.29) is 23.8 Å². The Morgan fingerprint density at radius 1 is 1.03 bits per heavy atom. The van der Waals surface area contributed by atoms with Gasteiger partial charge in [0.2, 0.25) is 0 Å². The Kier molecular flexibility index (Phi) is 6.16. The number of rotatable bonds is 6. The maximum atomic E-state index is 12.5. The van der Waals surface area contributed by atoms with Crippen molar-refractivity contribution in [1.82, 2.24) is 0 Å². The molecule has 0 bridgehead atoms. The number of carbonyl (C=O) groups is 1. The van der Waals surface area contributed by atoms with Gasteiger partial charge in [0.15, 0.2) is 0 Å². The number of benzene rings is 2. The number of ketones is 1. The summed E-state index contributed by atoms with van der Waals surface area (Å²) in [6.45, 7) is 1.67. The zero-order valence-electron chi connectivity index (χ0n) is 20.7. The van der Waals surface area contributed by atoms with Crippen molar-refractivity contribution in [3.63, 3.8) is 0 Å². The van der Waals surface area contributed by atoms with Gasteiger partial charge in [-0.15, -0.1) is 0 Å². The number of Topliss-reactive ketones (excluding diaryl/α,β-unsaturated/α-hetero) is 1. The van der Waals surface area contributed by atoms with Gasteiger partial charge < -0.3 is 14.5 Å². The highest BCUT2D eigenvalue weighted by atomic mass is 16.5. The van der Waals surface area contributed by atoms with Crippen LogP contribution in [0.2, 0.25) is 0 Å². The molecule has 2 aromatic carbocycles. The number of ether oxygens (including phenoxy) is 1. The maximum Gasteiger partial charge on any atom is 0.132 e. The highest BCUT2D eigenvalue weighted by Gasteiger charge is 2.37. The van der Waals surface area contributed by atoms with E-state index in [0.717, 1.165) is 39.7 Å². The predicted octanol–water partition coefficient (Wildman–Crippen LogP) is 5.46. The molecule has 2 heterocycles. The Balaban J connectivity index is 1.69. The van der Waals surface area contributed by atoms with Crippen molar-refractivity contribution < 1.29 is 9.53 Å².